The van der Waals surface area contributed by atoms with Crippen molar-refractivity contribution in [2.75, 3.05) is 6.61 Å². The van der Waals surface area contributed by atoms with Crippen LogP contribution < -0.4 is 0 Å². The van der Waals surface area contributed by atoms with Crippen LogP contribution in [0.1, 0.15) is 71.0 Å². The van der Waals surface area contributed by atoms with Gasteiger partial charge < -0.3 is 18.6 Å². The van der Waals surface area contributed by atoms with E-state index in [1.54, 1.807) is 6.07 Å². The van der Waals surface area contributed by atoms with Crippen molar-refractivity contribution in [3.63, 3.8) is 0 Å². The Labute approximate surface area is 205 Å². The van der Waals surface area contributed by atoms with E-state index in [0.717, 1.165) is 5.56 Å². The molecule has 3 aliphatic rings. The molecule has 188 valence electrons. The minimum atomic E-state index is -1.07. The number of fused-ring (bicyclic) bond motifs is 3. The van der Waals surface area contributed by atoms with Crippen LogP contribution in [-0.2, 0) is 33.4 Å². The Balaban J connectivity index is 1.71. The summed E-state index contributed by atoms with van der Waals surface area (Å²) >= 11 is 0. The summed E-state index contributed by atoms with van der Waals surface area (Å²) in [7, 11) is 0. The smallest absolute Gasteiger partial charge is 0.310 e. The first-order chi connectivity index (χ1) is 16.6. The summed E-state index contributed by atoms with van der Waals surface area (Å²) in [5, 5.41) is 0. The molecule has 1 saturated heterocycles. The lowest BCUT2D eigenvalue weighted by Gasteiger charge is -2.61. The first-order valence-electron chi connectivity index (χ1n) is 12.2. The Bertz CT molecular complexity index is 1040. The van der Waals surface area contributed by atoms with Gasteiger partial charge in [0.25, 0.3) is 0 Å². The molecule has 8 nitrogen and oxygen atoms in total. The third-order valence-electron chi connectivity index (χ3n) is 8.32. The van der Waals surface area contributed by atoms with Crippen molar-refractivity contribution >= 4 is 23.7 Å². The predicted octanol–water partition coefficient (Wildman–Crippen LogP) is 3.78. The van der Waals surface area contributed by atoms with Gasteiger partial charge >= 0.3 is 17.9 Å². The number of esters is 3. The van der Waals surface area contributed by atoms with E-state index in [4.69, 9.17) is 25.1 Å². The maximum Gasteiger partial charge on any atom is 0.310 e. The number of unbranched alkanes of at least 4 members (excludes halogenated alkanes) is 1. The van der Waals surface area contributed by atoms with Gasteiger partial charge in [-0.05, 0) is 42.6 Å². The average molecular weight is 485 g/mol. The summed E-state index contributed by atoms with van der Waals surface area (Å²) in [5.74, 6) is -0.964. The standard InChI is InChI=1S/C27H32O8/c1-5-6-7-11-33-24(30)19-13-20(34-16(2)28)22(29)23-26(19,3)10-8-18-25(31)35-21(14-27(18,23)4)17-9-12-32-15-17/h1,9,12,15,18-21,23H,6-8,10-11,13-14H2,2-4H3/t18-,19-,20-,21-,23-,26-,27-/m0/s1. The monoisotopic (exact) mass is 484 g/mol. The lowest BCUT2D eigenvalue weighted by atomic mass is 9.43. The number of hydrogen-bond acceptors (Lipinski definition) is 8. The second-order valence-corrected chi connectivity index (χ2v) is 10.5. The number of terminal acetylenes is 1. The summed E-state index contributed by atoms with van der Waals surface area (Å²) in [5.41, 5.74) is -0.849. The molecule has 8 heteroatoms. The number of hydrogen-bond donors (Lipinski definition) is 0. The van der Waals surface area contributed by atoms with E-state index in [1.165, 1.54) is 19.5 Å². The highest BCUT2D eigenvalue weighted by Crippen LogP contribution is 2.65. The van der Waals surface area contributed by atoms with Crippen LogP contribution in [0.15, 0.2) is 23.0 Å². The normalized spacial score (nSPS) is 36.2. The Kier molecular flexibility index (Phi) is 6.81. The van der Waals surface area contributed by atoms with Gasteiger partial charge in [-0.1, -0.05) is 13.8 Å². The third kappa shape index (κ3) is 4.37. The second kappa shape index (κ2) is 9.52. The van der Waals surface area contributed by atoms with E-state index in [0.29, 0.717) is 32.1 Å². The first kappa shape index (κ1) is 25.0. The number of furan rings is 1. The summed E-state index contributed by atoms with van der Waals surface area (Å²) in [6.07, 6.45) is 9.15. The number of cyclic esters (lactones) is 1. The number of rotatable bonds is 6. The Morgan fingerprint density at radius 3 is 2.69 bits per heavy atom. The van der Waals surface area contributed by atoms with E-state index >= 15 is 0 Å². The molecule has 0 amide bonds. The van der Waals surface area contributed by atoms with E-state index in [-0.39, 0.29) is 24.8 Å². The molecule has 2 heterocycles. The third-order valence-corrected chi connectivity index (χ3v) is 8.32. The molecular weight excluding hydrogens is 452 g/mol. The Hall–Kier alpha value is -3.08. The maximum atomic E-state index is 13.9. The molecular formula is C27H32O8. The molecule has 0 radical (unpaired) electrons. The predicted molar refractivity (Wildman–Crippen MR) is 122 cm³/mol. The summed E-state index contributed by atoms with van der Waals surface area (Å²) < 4.78 is 21.9. The first-order valence-corrected chi connectivity index (χ1v) is 12.2. The van der Waals surface area contributed by atoms with E-state index < -0.39 is 52.7 Å². The molecule has 2 aliphatic carbocycles. The van der Waals surface area contributed by atoms with Crippen LogP contribution in [0.3, 0.4) is 0 Å². The molecule has 0 spiro atoms. The van der Waals surface area contributed by atoms with Gasteiger partial charge in [0, 0.05) is 31.2 Å². The molecule has 1 aromatic rings. The van der Waals surface area contributed by atoms with Crippen LogP contribution in [-0.4, -0.2) is 36.4 Å². The van der Waals surface area contributed by atoms with Gasteiger partial charge in [0.15, 0.2) is 11.9 Å². The van der Waals surface area contributed by atoms with Gasteiger partial charge in [0.05, 0.1) is 31.0 Å². The highest BCUT2D eigenvalue weighted by molar-refractivity contribution is 5.93. The fourth-order valence-corrected chi connectivity index (χ4v) is 6.77. The van der Waals surface area contributed by atoms with Crippen molar-refractivity contribution in [2.45, 2.75) is 71.5 Å². The summed E-state index contributed by atoms with van der Waals surface area (Å²) in [6, 6.07) is 1.74. The van der Waals surface area contributed by atoms with Crippen molar-refractivity contribution in [1.82, 2.24) is 0 Å². The Morgan fingerprint density at radius 1 is 1.26 bits per heavy atom. The van der Waals surface area contributed by atoms with Crippen LogP contribution in [0.25, 0.3) is 0 Å². The van der Waals surface area contributed by atoms with E-state index in [9.17, 15) is 19.2 Å². The molecule has 0 unspecified atom stereocenters. The highest BCUT2D eigenvalue weighted by atomic mass is 16.6. The van der Waals surface area contributed by atoms with Crippen molar-refractivity contribution in [3.8, 4) is 12.3 Å². The van der Waals surface area contributed by atoms with Crippen LogP contribution in [0.5, 0.6) is 0 Å². The molecule has 3 fully saturated rings. The van der Waals surface area contributed by atoms with Gasteiger partial charge in [-0.2, -0.15) is 0 Å². The fraction of sp³-hybridized carbons (Fsp3) is 0.630. The zero-order valence-corrected chi connectivity index (χ0v) is 20.4. The molecule has 35 heavy (non-hydrogen) atoms. The SMILES string of the molecule is C#CCCCOC(=O)[C@@H]1C[C@H](OC(C)=O)C(=O)[C@H]2[C@@]1(C)CC[C@H]1C(=O)O[C@H](c3ccoc3)C[C@]21C. The lowest BCUT2D eigenvalue weighted by Crippen LogP contribution is -2.64. The molecule has 7 atom stereocenters. The molecule has 1 aromatic heterocycles. The van der Waals surface area contributed by atoms with Crippen LogP contribution in [0.4, 0.5) is 0 Å². The minimum absolute atomic E-state index is 0.0652. The van der Waals surface area contributed by atoms with Gasteiger partial charge in [-0.25, -0.2) is 0 Å². The largest absolute Gasteiger partial charge is 0.472 e. The number of carbonyl (C=O) groups excluding carboxylic acids is 4. The molecule has 2 saturated carbocycles. The van der Waals surface area contributed by atoms with Crippen LogP contribution >= 0.6 is 0 Å². The summed E-state index contributed by atoms with van der Waals surface area (Å²) in [4.78, 5) is 52.2. The van der Waals surface area contributed by atoms with Crippen molar-refractivity contribution < 1.29 is 37.8 Å². The quantitative estimate of drug-likeness (QED) is 0.260. The maximum absolute atomic E-state index is 13.9. The zero-order valence-electron chi connectivity index (χ0n) is 20.4. The average Bonchev–Trinajstić information content (AvgIpc) is 3.32. The van der Waals surface area contributed by atoms with E-state index in [2.05, 4.69) is 5.92 Å². The van der Waals surface area contributed by atoms with Crippen molar-refractivity contribution in [1.29, 1.82) is 0 Å². The minimum Gasteiger partial charge on any atom is -0.472 e. The number of Topliss-reactive ketones (excluding diaryl/α,β-unsaturated/α-hetero) is 1. The number of ether oxygens (including phenoxy) is 3. The molecule has 0 bridgehead atoms. The zero-order chi connectivity index (χ0) is 25.4. The van der Waals surface area contributed by atoms with Gasteiger partial charge in [0.1, 0.15) is 6.10 Å². The van der Waals surface area contributed by atoms with Gasteiger partial charge in [0.2, 0.25) is 0 Å². The number of ketones is 1. The molecule has 0 N–H and O–H groups in total. The highest BCUT2D eigenvalue weighted by Gasteiger charge is 2.67. The second-order valence-electron chi connectivity index (χ2n) is 10.5. The topological polar surface area (TPSA) is 109 Å². The fourth-order valence-electron chi connectivity index (χ4n) is 6.77. The van der Waals surface area contributed by atoms with Crippen LogP contribution in [0, 0.1) is 40.9 Å². The van der Waals surface area contributed by atoms with Gasteiger partial charge in [-0.15, -0.1) is 12.3 Å². The molecule has 0 aromatic carbocycles. The Morgan fingerprint density at radius 2 is 2.03 bits per heavy atom. The van der Waals surface area contributed by atoms with E-state index in [1.807, 2.05) is 13.8 Å². The van der Waals surface area contributed by atoms with Crippen molar-refractivity contribution in [2.24, 2.45) is 28.6 Å². The lowest BCUT2D eigenvalue weighted by molar-refractivity contribution is -0.210. The van der Waals surface area contributed by atoms with Crippen LogP contribution in [0.2, 0.25) is 0 Å². The molecule has 1 aliphatic heterocycles. The van der Waals surface area contributed by atoms with Crippen molar-refractivity contribution in [3.05, 3.63) is 24.2 Å². The van der Waals surface area contributed by atoms with Gasteiger partial charge in [-0.3, -0.25) is 19.2 Å². The number of carbonyl (C=O) groups is 4. The molecule has 4 rings (SSSR count). The summed E-state index contributed by atoms with van der Waals surface area (Å²) in [6.45, 7) is 5.28.